The van der Waals surface area contributed by atoms with Gasteiger partial charge in [-0.1, -0.05) is 37.5 Å². The van der Waals surface area contributed by atoms with E-state index in [4.69, 9.17) is 0 Å². The molecule has 0 atom stereocenters. The molecule has 0 fully saturated rings. The number of hydrogen-bond donors (Lipinski definition) is 0. The molecule has 0 aromatic heterocycles. The minimum atomic E-state index is -0.0243. The fourth-order valence-electron chi connectivity index (χ4n) is 1.84. The van der Waals surface area contributed by atoms with Crippen molar-refractivity contribution >= 4 is 0 Å². The molecule has 146 valence electrons. The van der Waals surface area contributed by atoms with Gasteiger partial charge in [0, 0.05) is 0 Å². The summed E-state index contributed by atoms with van der Waals surface area (Å²) >= 11 is 2.25. The molecular weight excluding hydrogens is 360 g/mol. The van der Waals surface area contributed by atoms with Crippen molar-refractivity contribution in [2.45, 2.75) is 53.9 Å². The van der Waals surface area contributed by atoms with E-state index in [1.807, 2.05) is 0 Å². The van der Waals surface area contributed by atoms with Crippen molar-refractivity contribution in [1.29, 1.82) is 0 Å². The molecule has 0 aromatic carbocycles. The van der Waals surface area contributed by atoms with E-state index in [1.165, 1.54) is 20.6 Å². The van der Waals surface area contributed by atoms with Gasteiger partial charge >= 0.3 is 81.1 Å². The molecule has 0 N–H and O–H groups in total. The monoisotopic (exact) mass is 396 g/mol. The SMILES string of the molecule is C=CCC[O-].C=CCC[O-].C=CCC[O-].CC1=C(C)C(C)(C)[C]([Ti+3])=C1C. The zero-order chi connectivity index (χ0) is 21.2. The second-order valence-corrected chi connectivity index (χ2v) is 7.00. The van der Waals surface area contributed by atoms with Crippen LogP contribution >= 0.6 is 0 Å². The first kappa shape index (κ1) is 30.0. The molecule has 3 nitrogen and oxygen atoms in total. The summed E-state index contributed by atoms with van der Waals surface area (Å²) in [4.78, 5) is 0. The van der Waals surface area contributed by atoms with Crippen molar-refractivity contribution in [3.05, 3.63) is 58.6 Å². The molecule has 0 unspecified atom stereocenters. The number of allylic oxidation sites excluding steroid dienone is 4. The van der Waals surface area contributed by atoms with Crippen LogP contribution < -0.4 is 15.3 Å². The Bertz CT molecular complexity index is 410. The Morgan fingerprint density at radius 2 is 1.08 bits per heavy atom. The molecule has 4 heteroatoms. The maximum atomic E-state index is 9.46. The molecule has 0 spiro atoms. The molecule has 26 heavy (non-hydrogen) atoms. The van der Waals surface area contributed by atoms with Crippen molar-refractivity contribution in [2.75, 3.05) is 19.8 Å². The van der Waals surface area contributed by atoms with Gasteiger partial charge in [-0.15, -0.1) is 39.6 Å². The molecule has 0 heterocycles. The van der Waals surface area contributed by atoms with E-state index in [9.17, 15) is 15.3 Å². The molecule has 0 saturated carbocycles. The van der Waals surface area contributed by atoms with Crippen LogP contribution in [0.5, 0.6) is 0 Å². The summed E-state index contributed by atoms with van der Waals surface area (Å²) in [6.45, 7) is 21.3. The topological polar surface area (TPSA) is 69.2 Å². The van der Waals surface area contributed by atoms with Crippen LogP contribution in [-0.4, -0.2) is 19.8 Å². The summed E-state index contributed by atoms with van der Waals surface area (Å²) in [7, 11) is 0. The van der Waals surface area contributed by atoms with Crippen molar-refractivity contribution in [1.82, 2.24) is 0 Å². The van der Waals surface area contributed by atoms with Crippen molar-refractivity contribution in [3.63, 3.8) is 0 Å². The first-order chi connectivity index (χ1) is 12.1. The summed E-state index contributed by atoms with van der Waals surface area (Å²) < 4.78 is 1.53. The molecule has 0 saturated heterocycles. The van der Waals surface area contributed by atoms with Crippen LogP contribution in [0.25, 0.3) is 0 Å². The van der Waals surface area contributed by atoms with Gasteiger partial charge in [-0.2, -0.15) is 0 Å². The second kappa shape index (κ2) is 19.1. The van der Waals surface area contributed by atoms with Gasteiger partial charge in [0.2, 0.25) is 0 Å². The summed E-state index contributed by atoms with van der Waals surface area (Å²) in [6.07, 6.45) is 6.65. The molecule has 1 aliphatic rings. The molecule has 0 amide bonds. The van der Waals surface area contributed by atoms with Gasteiger partial charge in [0.05, 0.1) is 0 Å². The second-order valence-electron chi connectivity index (χ2n) is 6.22. The van der Waals surface area contributed by atoms with Crippen molar-refractivity contribution < 1.29 is 35.8 Å². The molecule has 1 rings (SSSR count). The predicted molar refractivity (Wildman–Crippen MR) is 104 cm³/mol. The molecular formula is C22H36O3Ti. The van der Waals surface area contributed by atoms with Crippen LogP contribution in [0.1, 0.15) is 53.9 Å². The fraction of sp³-hybridized carbons (Fsp3) is 0.545. The van der Waals surface area contributed by atoms with Gasteiger partial charge in [-0.3, -0.25) is 0 Å². The summed E-state index contributed by atoms with van der Waals surface area (Å²) in [5.41, 5.74) is 4.83. The third-order valence-electron chi connectivity index (χ3n) is 4.03. The zero-order valence-electron chi connectivity index (χ0n) is 17.3. The van der Waals surface area contributed by atoms with Gasteiger partial charge in [0.15, 0.2) is 0 Å². The van der Waals surface area contributed by atoms with Crippen LogP contribution in [0.4, 0.5) is 0 Å². The average Bonchev–Trinajstić information content (AvgIpc) is 2.74. The zero-order valence-corrected chi connectivity index (χ0v) is 18.9. The molecule has 0 aromatic rings. The Balaban J connectivity index is -0.000000300. The van der Waals surface area contributed by atoms with Crippen LogP contribution in [-0.2, 0) is 20.4 Å². The molecule has 1 aliphatic carbocycles. The van der Waals surface area contributed by atoms with Gasteiger partial charge < -0.3 is 15.3 Å². The van der Waals surface area contributed by atoms with Crippen molar-refractivity contribution in [3.8, 4) is 0 Å². The van der Waals surface area contributed by atoms with Gasteiger partial charge in [0.25, 0.3) is 0 Å². The predicted octanol–water partition coefficient (Wildman–Crippen LogP) is 2.95. The van der Waals surface area contributed by atoms with Gasteiger partial charge in [-0.25, -0.2) is 0 Å². The molecule has 0 aliphatic heterocycles. The van der Waals surface area contributed by atoms with E-state index in [2.05, 4.69) is 74.8 Å². The van der Waals surface area contributed by atoms with Crippen LogP contribution in [0.3, 0.4) is 0 Å². The van der Waals surface area contributed by atoms with E-state index in [0.29, 0.717) is 24.7 Å². The van der Waals surface area contributed by atoms with Crippen LogP contribution in [0, 0.1) is 5.41 Å². The van der Waals surface area contributed by atoms with E-state index < -0.39 is 0 Å². The Morgan fingerprint density at radius 1 is 0.769 bits per heavy atom. The van der Waals surface area contributed by atoms with E-state index >= 15 is 0 Å². The normalized spacial score (nSPS) is 14.2. The molecule has 0 bridgehead atoms. The Labute approximate surface area is 173 Å². The van der Waals surface area contributed by atoms with E-state index in [0.717, 1.165) is 0 Å². The first-order valence-corrected chi connectivity index (χ1v) is 9.60. The van der Waals surface area contributed by atoms with E-state index in [-0.39, 0.29) is 19.8 Å². The maximum absolute atomic E-state index is 9.46. The standard InChI is InChI=1S/C10H15.3C4H7O.Ti/c1-7-6-10(4,5)9(3)8(7)2;3*1-2-3-4-5;/h1-5H3;3*2H,1,3-4H2;/q;3*-1;+3. The van der Waals surface area contributed by atoms with E-state index in [1.54, 1.807) is 18.2 Å². The number of rotatable bonds is 6. The summed E-state index contributed by atoms with van der Waals surface area (Å²) in [5.74, 6) is 0. The van der Waals surface area contributed by atoms with Crippen molar-refractivity contribution in [2.24, 2.45) is 5.41 Å². The Kier molecular flexibility index (Phi) is 22.0. The van der Waals surface area contributed by atoms with Crippen LogP contribution in [0.2, 0.25) is 0 Å². The quantitative estimate of drug-likeness (QED) is 0.512. The van der Waals surface area contributed by atoms with Gasteiger partial charge in [-0.05, 0) is 0 Å². The Hall–Kier alpha value is -0.706. The third kappa shape index (κ3) is 13.5. The third-order valence-corrected chi connectivity index (χ3v) is 5.59. The number of hydrogen-bond acceptors (Lipinski definition) is 3. The molecule has 0 radical (unpaired) electrons. The fourth-order valence-corrected chi connectivity index (χ4v) is 2.43. The van der Waals surface area contributed by atoms with Gasteiger partial charge in [0.1, 0.15) is 0 Å². The Morgan fingerprint density at radius 3 is 1.12 bits per heavy atom. The summed E-state index contributed by atoms with van der Waals surface area (Å²) in [5, 5.41) is 28.4. The minimum absolute atomic E-state index is 0.0243. The average molecular weight is 396 g/mol. The first-order valence-electron chi connectivity index (χ1n) is 8.82. The van der Waals surface area contributed by atoms with Crippen LogP contribution in [0.15, 0.2) is 58.6 Å². The summed E-state index contributed by atoms with van der Waals surface area (Å²) in [6, 6.07) is 0.